The van der Waals surface area contributed by atoms with Crippen LogP contribution in [-0.2, 0) is 47.7 Å². The number of carbonyl (C=O) groups is 3. The lowest BCUT2D eigenvalue weighted by Crippen LogP contribution is -2.45. The average Bonchev–Trinajstić information content (AvgIpc) is 3.56. The molecule has 0 saturated carbocycles. The highest BCUT2D eigenvalue weighted by atomic mass is 16.6. The van der Waals surface area contributed by atoms with E-state index in [4.69, 9.17) is 23.3 Å². The minimum atomic E-state index is -0.737. The maximum Gasteiger partial charge on any atom is 0.410 e. The number of methoxy groups -OCH3 is 2. The Morgan fingerprint density at radius 3 is 1.53 bits per heavy atom. The molecule has 0 bridgehead atoms. The van der Waals surface area contributed by atoms with E-state index in [1.807, 2.05) is 75.4 Å². The Labute approximate surface area is 256 Å². The van der Waals surface area contributed by atoms with Crippen molar-refractivity contribution >= 4 is 18.0 Å². The molecule has 1 amide bonds. The molecule has 43 heavy (non-hydrogen) atoms. The zero-order valence-electron chi connectivity index (χ0n) is 28.7. The van der Waals surface area contributed by atoms with E-state index in [2.05, 4.69) is 15.6 Å². The summed E-state index contributed by atoms with van der Waals surface area (Å²) in [4.78, 5) is 37.2. The summed E-state index contributed by atoms with van der Waals surface area (Å²) in [5, 5.41) is 11.3. The van der Waals surface area contributed by atoms with E-state index in [0.717, 1.165) is 5.69 Å². The summed E-state index contributed by atoms with van der Waals surface area (Å²) in [6, 6.07) is 3.63. The zero-order valence-corrected chi connectivity index (χ0v) is 28.7. The second kappa shape index (κ2) is 13.9. The normalized spacial score (nSPS) is 12.6. The minimum Gasteiger partial charge on any atom is -0.469 e. The number of carbonyl (C=O) groups excluding carboxylic acids is 3. The summed E-state index contributed by atoms with van der Waals surface area (Å²) in [5.41, 5.74) is -1.52. The van der Waals surface area contributed by atoms with Crippen molar-refractivity contribution in [3.8, 4) is 0 Å². The molecule has 12 nitrogen and oxygen atoms in total. The largest absolute Gasteiger partial charge is 0.469 e. The van der Waals surface area contributed by atoms with Crippen molar-refractivity contribution < 1.29 is 37.6 Å². The molecule has 0 saturated heterocycles. The molecule has 0 aliphatic carbocycles. The fraction of sp³-hybridized carbons (Fsp3) is 0.710. The van der Waals surface area contributed by atoms with Crippen LogP contribution in [0.5, 0.6) is 0 Å². The van der Waals surface area contributed by atoms with Gasteiger partial charge in [-0.15, -0.1) is 0 Å². The Kier molecular flexibility index (Phi) is 12.2. The van der Waals surface area contributed by atoms with Gasteiger partial charge in [-0.05, 0) is 83.2 Å². The third-order valence-corrected chi connectivity index (χ3v) is 7.22. The fourth-order valence-corrected chi connectivity index (χ4v) is 3.80. The number of amides is 1. The summed E-state index contributed by atoms with van der Waals surface area (Å²) in [7, 11) is 6.27. The first-order valence-corrected chi connectivity index (χ1v) is 14.2. The van der Waals surface area contributed by atoms with Crippen LogP contribution in [0.1, 0.15) is 99.1 Å². The van der Waals surface area contributed by atoms with Gasteiger partial charge < -0.3 is 33.5 Å². The summed E-state index contributed by atoms with van der Waals surface area (Å²) in [6.45, 7) is 20.4. The van der Waals surface area contributed by atoms with Crippen LogP contribution >= 0.6 is 0 Å². The maximum absolute atomic E-state index is 12.3. The first kappa shape index (κ1) is 37.6. The number of hydrogen-bond donors (Lipinski definition) is 1. The smallest absolute Gasteiger partial charge is 0.410 e. The minimum absolute atomic E-state index is 0.253. The van der Waals surface area contributed by atoms with Crippen molar-refractivity contribution in [3.63, 3.8) is 0 Å². The van der Waals surface area contributed by atoms with Gasteiger partial charge >= 0.3 is 18.0 Å². The van der Waals surface area contributed by atoms with Crippen molar-refractivity contribution in [2.75, 3.05) is 28.3 Å². The number of ether oxygens (including phenoxy) is 3. The predicted octanol–water partition coefficient (Wildman–Crippen LogP) is 5.39. The number of nitrogens with one attached hydrogen (secondary N) is 1. The molecular weight excluding hydrogens is 556 g/mol. The molecule has 0 unspecified atom stereocenters. The van der Waals surface area contributed by atoms with E-state index in [0.29, 0.717) is 30.1 Å². The second-order valence-electron chi connectivity index (χ2n) is 13.9. The van der Waals surface area contributed by atoms with Gasteiger partial charge in [0, 0.05) is 32.0 Å². The van der Waals surface area contributed by atoms with Gasteiger partial charge in [0.1, 0.15) is 28.5 Å². The van der Waals surface area contributed by atoms with E-state index < -0.39 is 28.1 Å². The SMILES string of the molecule is CNC(C)(C)c1cc(CC(C)(C)C(=O)OC)on1.COC(=O)C(C)(C)Cc1cc(C(C)(C)N(C)C(=O)OC(C)(C)C)no1. The van der Waals surface area contributed by atoms with E-state index >= 15 is 0 Å². The van der Waals surface area contributed by atoms with Crippen LogP contribution in [0.15, 0.2) is 21.2 Å². The lowest BCUT2D eigenvalue weighted by molar-refractivity contribution is -0.151. The van der Waals surface area contributed by atoms with Crippen LogP contribution in [0.4, 0.5) is 4.79 Å². The van der Waals surface area contributed by atoms with Gasteiger partial charge in [-0.1, -0.05) is 10.3 Å². The molecule has 0 fully saturated rings. The molecule has 1 N–H and O–H groups in total. The van der Waals surface area contributed by atoms with Gasteiger partial charge in [0.15, 0.2) is 0 Å². The number of esters is 2. The Balaban J connectivity index is 0.000000453. The Bertz CT molecular complexity index is 1230. The summed E-state index contributed by atoms with van der Waals surface area (Å²) < 4.78 is 25.6. The van der Waals surface area contributed by atoms with Gasteiger partial charge in [-0.3, -0.25) is 9.59 Å². The highest BCUT2D eigenvalue weighted by Gasteiger charge is 2.37. The molecule has 2 rings (SSSR count). The van der Waals surface area contributed by atoms with Crippen LogP contribution < -0.4 is 5.32 Å². The third kappa shape index (κ3) is 10.4. The molecule has 2 heterocycles. The van der Waals surface area contributed by atoms with Crippen molar-refractivity contribution in [2.45, 2.75) is 106 Å². The van der Waals surface area contributed by atoms with Crippen LogP contribution in [0.25, 0.3) is 0 Å². The van der Waals surface area contributed by atoms with Gasteiger partial charge in [-0.2, -0.15) is 0 Å². The second-order valence-corrected chi connectivity index (χ2v) is 13.9. The summed E-state index contributed by atoms with van der Waals surface area (Å²) >= 11 is 0. The fourth-order valence-electron chi connectivity index (χ4n) is 3.80. The molecule has 0 spiro atoms. The molecule has 244 valence electrons. The van der Waals surface area contributed by atoms with Gasteiger partial charge in [0.05, 0.1) is 36.1 Å². The molecule has 0 aromatic carbocycles. The van der Waals surface area contributed by atoms with E-state index in [-0.39, 0.29) is 17.5 Å². The Morgan fingerprint density at radius 1 is 0.767 bits per heavy atom. The Morgan fingerprint density at radius 2 is 1.16 bits per heavy atom. The molecule has 0 radical (unpaired) electrons. The topological polar surface area (TPSA) is 146 Å². The number of hydrogen-bond acceptors (Lipinski definition) is 11. The third-order valence-electron chi connectivity index (χ3n) is 7.22. The summed E-state index contributed by atoms with van der Waals surface area (Å²) in [6.07, 6.45) is 0.364. The van der Waals surface area contributed by atoms with Crippen LogP contribution in [-0.4, -0.2) is 67.2 Å². The molecule has 2 aromatic heterocycles. The van der Waals surface area contributed by atoms with Crippen LogP contribution in [0, 0.1) is 10.8 Å². The highest BCUT2D eigenvalue weighted by Crippen LogP contribution is 2.31. The van der Waals surface area contributed by atoms with E-state index in [1.54, 1.807) is 27.0 Å². The quantitative estimate of drug-likeness (QED) is 0.274. The molecular formula is C31H52N4O8. The van der Waals surface area contributed by atoms with Crippen molar-refractivity contribution in [1.29, 1.82) is 0 Å². The molecule has 12 heteroatoms. The predicted molar refractivity (Wildman–Crippen MR) is 161 cm³/mol. The van der Waals surface area contributed by atoms with Gasteiger partial charge in [-0.25, -0.2) is 4.79 Å². The highest BCUT2D eigenvalue weighted by molar-refractivity contribution is 5.76. The number of nitrogens with zero attached hydrogens (tertiary/aromatic N) is 3. The zero-order chi connectivity index (χ0) is 33.6. The van der Waals surface area contributed by atoms with Crippen molar-refractivity contribution in [1.82, 2.24) is 20.5 Å². The first-order chi connectivity index (χ1) is 19.4. The van der Waals surface area contributed by atoms with E-state index in [1.165, 1.54) is 19.1 Å². The standard InChI is InChI=1S/C18H30N2O5.C13H22N2O3/c1-16(2,3)24-15(22)20(8)18(6,7)13-10-12(25-19-13)11-17(4,5)14(21)23-9;1-12(2,11(16)17-6)8-9-7-10(15-18-9)13(3,4)14-5/h10H,11H2,1-9H3;7,14H,8H2,1-6H3. The van der Waals surface area contributed by atoms with Crippen LogP contribution in [0.3, 0.4) is 0 Å². The first-order valence-electron chi connectivity index (χ1n) is 14.2. The van der Waals surface area contributed by atoms with E-state index in [9.17, 15) is 14.4 Å². The summed E-state index contributed by atoms with van der Waals surface area (Å²) in [5.74, 6) is 0.656. The van der Waals surface area contributed by atoms with Gasteiger partial charge in [0.25, 0.3) is 0 Å². The van der Waals surface area contributed by atoms with Gasteiger partial charge in [0.2, 0.25) is 0 Å². The van der Waals surface area contributed by atoms with Crippen LogP contribution in [0.2, 0.25) is 0 Å². The van der Waals surface area contributed by atoms with Crippen molar-refractivity contribution in [3.05, 3.63) is 35.0 Å². The number of rotatable bonds is 10. The van der Waals surface area contributed by atoms with Crippen molar-refractivity contribution in [2.24, 2.45) is 10.8 Å². The Hall–Kier alpha value is -3.41. The molecule has 0 aliphatic rings. The maximum atomic E-state index is 12.3. The molecule has 2 aromatic rings. The molecule has 0 aliphatic heterocycles. The lowest BCUT2D eigenvalue weighted by atomic mass is 9.87. The molecule has 0 atom stereocenters. The monoisotopic (exact) mass is 608 g/mol. The average molecular weight is 609 g/mol. The number of aromatic nitrogens is 2. The lowest BCUT2D eigenvalue weighted by Gasteiger charge is -2.35.